The van der Waals surface area contributed by atoms with Gasteiger partial charge in [0, 0.05) is 37.3 Å². The number of likely N-dealkylation sites (N-methyl/N-ethyl adjacent to an activating group) is 1. The number of aromatic nitrogens is 2. The van der Waals surface area contributed by atoms with E-state index < -0.39 is 6.04 Å². The van der Waals surface area contributed by atoms with Gasteiger partial charge in [0.15, 0.2) is 4.96 Å². The fourth-order valence-electron chi connectivity index (χ4n) is 3.36. The van der Waals surface area contributed by atoms with E-state index in [1.165, 1.54) is 11.3 Å². The lowest BCUT2D eigenvalue weighted by Crippen LogP contribution is -2.56. The van der Waals surface area contributed by atoms with Crippen molar-refractivity contribution in [3.63, 3.8) is 0 Å². The van der Waals surface area contributed by atoms with Crippen LogP contribution in [-0.2, 0) is 4.79 Å². The lowest BCUT2D eigenvalue weighted by molar-refractivity contribution is -0.137. The van der Waals surface area contributed by atoms with E-state index in [2.05, 4.69) is 4.98 Å². The highest BCUT2D eigenvalue weighted by Crippen LogP contribution is 2.31. The summed E-state index contributed by atoms with van der Waals surface area (Å²) < 4.78 is 7.21. The number of para-hydroxylation sites is 1. The number of methoxy groups -OCH3 is 1. The van der Waals surface area contributed by atoms with E-state index in [9.17, 15) is 9.59 Å². The summed E-state index contributed by atoms with van der Waals surface area (Å²) >= 11 is 1.41. The molecule has 0 bridgehead atoms. The van der Waals surface area contributed by atoms with Crippen molar-refractivity contribution in [1.82, 2.24) is 19.2 Å². The standard InChI is InChI=1S/C19H20N4O3S/c1-12-17(24)21(2)8-9-22(12)18(25)15-11-27-19-20-14(10-23(15)19)13-6-4-5-7-16(13)26-3/h4-7,10-12H,8-9H2,1-3H3/t12-/m0/s1. The lowest BCUT2D eigenvalue weighted by atomic mass is 10.1. The van der Waals surface area contributed by atoms with Gasteiger partial charge in [-0.1, -0.05) is 12.1 Å². The summed E-state index contributed by atoms with van der Waals surface area (Å²) in [6.45, 7) is 2.83. The van der Waals surface area contributed by atoms with Crippen molar-refractivity contribution in [2.45, 2.75) is 13.0 Å². The number of rotatable bonds is 3. The van der Waals surface area contributed by atoms with Crippen LogP contribution < -0.4 is 4.74 Å². The Balaban J connectivity index is 1.70. The van der Waals surface area contributed by atoms with Gasteiger partial charge in [-0.3, -0.25) is 14.0 Å². The molecule has 1 atom stereocenters. The Labute approximate surface area is 160 Å². The lowest BCUT2D eigenvalue weighted by Gasteiger charge is -2.37. The SMILES string of the molecule is COc1ccccc1-c1cn2c(C(=O)N3CCN(C)C(=O)[C@@H]3C)csc2n1. The number of piperazine rings is 1. The van der Waals surface area contributed by atoms with Crippen molar-refractivity contribution in [1.29, 1.82) is 0 Å². The van der Waals surface area contributed by atoms with E-state index in [4.69, 9.17) is 4.74 Å². The molecular weight excluding hydrogens is 364 g/mol. The van der Waals surface area contributed by atoms with Gasteiger partial charge in [-0.2, -0.15) is 0 Å². The Morgan fingerprint density at radius 3 is 2.85 bits per heavy atom. The first-order valence-corrected chi connectivity index (χ1v) is 9.55. The molecule has 0 unspecified atom stereocenters. The van der Waals surface area contributed by atoms with Gasteiger partial charge in [0.25, 0.3) is 5.91 Å². The summed E-state index contributed by atoms with van der Waals surface area (Å²) in [4.78, 5) is 34.0. The molecule has 3 heterocycles. The van der Waals surface area contributed by atoms with E-state index in [0.717, 1.165) is 22.0 Å². The first-order valence-electron chi connectivity index (χ1n) is 8.67. The molecule has 0 radical (unpaired) electrons. The molecule has 140 valence electrons. The monoisotopic (exact) mass is 384 g/mol. The normalized spacial score (nSPS) is 17.6. The van der Waals surface area contributed by atoms with E-state index in [1.54, 1.807) is 40.7 Å². The van der Waals surface area contributed by atoms with Gasteiger partial charge in [-0.25, -0.2) is 4.98 Å². The minimum absolute atomic E-state index is 0.0404. The second-order valence-corrected chi connectivity index (χ2v) is 7.37. The second kappa shape index (κ2) is 6.70. The zero-order chi connectivity index (χ0) is 19.1. The maximum Gasteiger partial charge on any atom is 0.272 e. The van der Waals surface area contributed by atoms with E-state index in [0.29, 0.717) is 18.8 Å². The van der Waals surface area contributed by atoms with Crippen LogP contribution in [0.2, 0.25) is 0 Å². The summed E-state index contributed by atoms with van der Waals surface area (Å²) in [6.07, 6.45) is 1.85. The second-order valence-electron chi connectivity index (χ2n) is 6.53. The van der Waals surface area contributed by atoms with E-state index >= 15 is 0 Å². The van der Waals surface area contributed by atoms with Crippen LogP contribution in [-0.4, -0.2) is 64.3 Å². The summed E-state index contributed by atoms with van der Waals surface area (Å²) in [6, 6.07) is 7.18. The molecule has 1 aliphatic rings. The zero-order valence-corrected chi connectivity index (χ0v) is 16.2. The zero-order valence-electron chi connectivity index (χ0n) is 15.4. The Morgan fingerprint density at radius 1 is 1.30 bits per heavy atom. The number of ether oxygens (including phenoxy) is 1. The van der Waals surface area contributed by atoms with Crippen molar-refractivity contribution in [3.05, 3.63) is 41.5 Å². The topological polar surface area (TPSA) is 67.2 Å². The van der Waals surface area contributed by atoms with Gasteiger partial charge in [-0.05, 0) is 19.1 Å². The van der Waals surface area contributed by atoms with Crippen LogP contribution in [0.3, 0.4) is 0 Å². The third-order valence-electron chi connectivity index (χ3n) is 4.95. The molecule has 1 saturated heterocycles. The maximum atomic E-state index is 13.1. The molecule has 2 amide bonds. The largest absolute Gasteiger partial charge is 0.496 e. The highest BCUT2D eigenvalue weighted by atomic mass is 32.1. The number of carbonyl (C=O) groups excluding carboxylic acids is 2. The molecule has 4 rings (SSSR count). The fraction of sp³-hybridized carbons (Fsp3) is 0.316. The molecule has 0 saturated carbocycles. The molecule has 2 aromatic heterocycles. The van der Waals surface area contributed by atoms with Crippen LogP contribution in [0.5, 0.6) is 5.75 Å². The average Bonchev–Trinajstić information content (AvgIpc) is 3.26. The Hall–Kier alpha value is -2.87. The predicted octanol–water partition coefficient (Wildman–Crippen LogP) is 2.37. The van der Waals surface area contributed by atoms with Crippen molar-refractivity contribution in [3.8, 4) is 17.0 Å². The van der Waals surface area contributed by atoms with Gasteiger partial charge in [0.1, 0.15) is 17.5 Å². The number of hydrogen-bond donors (Lipinski definition) is 0. The van der Waals surface area contributed by atoms with Crippen LogP contribution in [0.25, 0.3) is 16.2 Å². The quantitative estimate of drug-likeness (QED) is 0.695. The molecule has 0 spiro atoms. The molecule has 1 aliphatic heterocycles. The predicted molar refractivity (Wildman–Crippen MR) is 103 cm³/mol. The van der Waals surface area contributed by atoms with Crippen LogP contribution in [0.1, 0.15) is 17.4 Å². The molecule has 8 heteroatoms. The molecule has 0 N–H and O–H groups in total. The van der Waals surface area contributed by atoms with Gasteiger partial charge in [-0.15, -0.1) is 11.3 Å². The van der Waals surface area contributed by atoms with Crippen LogP contribution >= 0.6 is 11.3 Å². The number of carbonyl (C=O) groups is 2. The van der Waals surface area contributed by atoms with E-state index in [1.807, 2.05) is 30.5 Å². The number of imidazole rings is 1. The van der Waals surface area contributed by atoms with Gasteiger partial charge < -0.3 is 14.5 Å². The summed E-state index contributed by atoms with van der Waals surface area (Å²) in [5.74, 6) is 0.537. The third kappa shape index (κ3) is 2.86. The smallest absolute Gasteiger partial charge is 0.272 e. The average molecular weight is 384 g/mol. The van der Waals surface area contributed by atoms with Crippen LogP contribution in [0, 0.1) is 0 Å². The van der Waals surface area contributed by atoms with Gasteiger partial charge >= 0.3 is 0 Å². The van der Waals surface area contributed by atoms with Gasteiger partial charge in [0.05, 0.1) is 12.8 Å². The number of fused-ring (bicyclic) bond motifs is 1. The molecule has 1 fully saturated rings. The van der Waals surface area contributed by atoms with Crippen molar-refractivity contribution in [2.24, 2.45) is 0 Å². The van der Waals surface area contributed by atoms with Crippen molar-refractivity contribution < 1.29 is 14.3 Å². The minimum atomic E-state index is -0.469. The maximum absolute atomic E-state index is 13.1. The highest BCUT2D eigenvalue weighted by Gasteiger charge is 2.34. The molecule has 27 heavy (non-hydrogen) atoms. The number of hydrogen-bond acceptors (Lipinski definition) is 5. The van der Waals surface area contributed by atoms with Crippen molar-refractivity contribution in [2.75, 3.05) is 27.2 Å². The Bertz CT molecular complexity index is 1030. The third-order valence-corrected chi connectivity index (χ3v) is 5.79. The summed E-state index contributed by atoms with van der Waals surface area (Å²) in [7, 11) is 3.39. The minimum Gasteiger partial charge on any atom is -0.496 e. The first kappa shape index (κ1) is 17.5. The van der Waals surface area contributed by atoms with Crippen molar-refractivity contribution >= 4 is 28.1 Å². The summed E-state index contributed by atoms with van der Waals surface area (Å²) in [5.41, 5.74) is 2.14. The number of benzene rings is 1. The van der Waals surface area contributed by atoms with Crippen LogP contribution in [0.4, 0.5) is 0 Å². The molecule has 7 nitrogen and oxygen atoms in total. The van der Waals surface area contributed by atoms with Gasteiger partial charge in [0.2, 0.25) is 5.91 Å². The summed E-state index contributed by atoms with van der Waals surface area (Å²) in [5, 5.41) is 1.80. The molecular formula is C19H20N4O3S. The fourth-order valence-corrected chi connectivity index (χ4v) is 4.21. The first-order chi connectivity index (χ1) is 13.0. The Morgan fingerprint density at radius 2 is 2.07 bits per heavy atom. The highest BCUT2D eigenvalue weighted by molar-refractivity contribution is 7.15. The molecule has 3 aromatic rings. The number of thiazole rings is 1. The van der Waals surface area contributed by atoms with E-state index in [-0.39, 0.29) is 11.8 Å². The molecule has 1 aromatic carbocycles. The molecule has 0 aliphatic carbocycles. The van der Waals surface area contributed by atoms with Crippen LogP contribution in [0.15, 0.2) is 35.8 Å². The number of nitrogens with zero attached hydrogens (tertiary/aromatic N) is 4. The Kier molecular flexibility index (Phi) is 4.35. The number of amides is 2.